The molecule has 1 heterocycles. The number of rotatable bonds is 7. The van der Waals surface area contributed by atoms with E-state index in [0.29, 0.717) is 5.16 Å². The number of ether oxygens (including phenoxy) is 1. The van der Waals surface area contributed by atoms with Crippen LogP contribution in [0.1, 0.15) is 23.7 Å². The Morgan fingerprint density at radius 3 is 2.57 bits per heavy atom. The third kappa shape index (κ3) is 4.20. The van der Waals surface area contributed by atoms with E-state index in [2.05, 4.69) is 10.3 Å². The predicted octanol–water partition coefficient (Wildman–Crippen LogP) is 4.13. The molecule has 0 saturated heterocycles. The molecule has 2 aromatic carbocycles. The van der Waals surface area contributed by atoms with E-state index in [1.54, 1.807) is 25.4 Å². The Morgan fingerprint density at radius 1 is 1.21 bits per heavy atom. The lowest BCUT2D eigenvalue weighted by atomic mass is 10.1. The second-order valence-electron chi connectivity index (χ2n) is 6.61. The maximum Gasteiger partial charge on any atom is 0.238 e. The van der Waals surface area contributed by atoms with E-state index >= 15 is 0 Å². The smallest absolute Gasteiger partial charge is 0.238 e. The van der Waals surface area contributed by atoms with Crippen molar-refractivity contribution >= 4 is 17.7 Å². The van der Waals surface area contributed by atoms with Crippen molar-refractivity contribution in [1.82, 2.24) is 14.9 Å². The number of nitrogens with one attached hydrogen (secondary N) is 1. The van der Waals surface area contributed by atoms with Gasteiger partial charge in [-0.15, -0.1) is 0 Å². The highest BCUT2D eigenvalue weighted by molar-refractivity contribution is 8.00. The molecular weight excluding hydrogens is 377 g/mol. The first-order valence-corrected chi connectivity index (χ1v) is 9.92. The Balaban J connectivity index is 1.62. The second kappa shape index (κ2) is 8.06. The number of carbonyl (C=O) groups is 1. The number of hydrogen-bond donors (Lipinski definition) is 1. The number of benzene rings is 2. The molecule has 1 aromatic heterocycles. The molecule has 1 amide bonds. The van der Waals surface area contributed by atoms with Crippen molar-refractivity contribution in [2.24, 2.45) is 0 Å². The number of imidazole rings is 1. The van der Waals surface area contributed by atoms with E-state index in [1.165, 1.54) is 23.9 Å². The van der Waals surface area contributed by atoms with Gasteiger partial charge in [-0.05, 0) is 54.8 Å². The number of halogens is 1. The molecule has 144 valence electrons. The minimum atomic E-state index is -0.513. The van der Waals surface area contributed by atoms with Gasteiger partial charge < -0.3 is 10.1 Å². The maximum atomic E-state index is 13.4. The van der Waals surface area contributed by atoms with Gasteiger partial charge in [-0.2, -0.15) is 0 Å². The Hall–Kier alpha value is -2.80. The fourth-order valence-corrected chi connectivity index (χ4v) is 3.92. The standard InChI is InChI=1S/C21H20FN3O2S/c1-27-18-10-8-17(9-11-18)25-13-12-23-21(25)28-19(20(26)24-16-6-7-16)14-2-4-15(22)5-3-14/h2-5,8-13,16,19H,6-7H2,1H3,(H,24,26)/t19-/m0/s1. The normalized spacial score (nSPS) is 14.5. The molecule has 28 heavy (non-hydrogen) atoms. The van der Waals surface area contributed by atoms with Gasteiger partial charge in [-0.1, -0.05) is 23.9 Å². The van der Waals surface area contributed by atoms with Crippen LogP contribution >= 0.6 is 11.8 Å². The number of amides is 1. The van der Waals surface area contributed by atoms with Crippen LogP contribution in [-0.2, 0) is 4.79 Å². The summed E-state index contributed by atoms with van der Waals surface area (Å²) in [5.41, 5.74) is 1.66. The summed E-state index contributed by atoms with van der Waals surface area (Å²) in [5, 5.41) is 3.22. The molecule has 1 N–H and O–H groups in total. The SMILES string of the molecule is COc1ccc(-n2ccnc2S[C@H](C(=O)NC2CC2)c2ccc(F)cc2)cc1. The van der Waals surface area contributed by atoms with Crippen molar-refractivity contribution in [2.75, 3.05) is 7.11 Å². The fourth-order valence-electron chi connectivity index (χ4n) is 2.84. The lowest BCUT2D eigenvalue weighted by Gasteiger charge is -2.17. The lowest BCUT2D eigenvalue weighted by molar-refractivity contribution is -0.120. The largest absolute Gasteiger partial charge is 0.497 e. The minimum Gasteiger partial charge on any atom is -0.497 e. The summed E-state index contributed by atoms with van der Waals surface area (Å²) in [4.78, 5) is 17.3. The van der Waals surface area contributed by atoms with Gasteiger partial charge >= 0.3 is 0 Å². The first-order chi connectivity index (χ1) is 13.6. The molecule has 3 aromatic rings. The Bertz CT molecular complexity index is 953. The van der Waals surface area contributed by atoms with Crippen molar-refractivity contribution < 1.29 is 13.9 Å². The molecule has 4 rings (SSSR count). The van der Waals surface area contributed by atoms with Crippen LogP contribution in [0.4, 0.5) is 4.39 Å². The van der Waals surface area contributed by atoms with Crippen LogP contribution in [0.25, 0.3) is 5.69 Å². The Kier molecular flexibility index (Phi) is 5.34. The molecule has 1 saturated carbocycles. The number of nitrogens with zero attached hydrogens (tertiary/aromatic N) is 2. The fraction of sp³-hybridized carbons (Fsp3) is 0.238. The Morgan fingerprint density at radius 2 is 1.93 bits per heavy atom. The highest BCUT2D eigenvalue weighted by Crippen LogP contribution is 2.36. The third-order valence-corrected chi connectivity index (χ3v) is 5.75. The van der Waals surface area contributed by atoms with Crippen LogP contribution in [0.2, 0.25) is 0 Å². The maximum absolute atomic E-state index is 13.4. The van der Waals surface area contributed by atoms with Crippen molar-refractivity contribution in [1.29, 1.82) is 0 Å². The van der Waals surface area contributed by atoms with Gasteiger partial charge in [0.05, 0.1) is 7.11 Å². The zero-order valence-corrected chi connectivity index (χ0v) is 16.2. The van der Waals surface area contributed by atoms with E-state index in [0.717, 1.165) is 29.8 Å². The summed E-state index contributed by atoms with van der Waals surface area (Å²) >= 11 is 1.35. The van der Waals surface area contributed by atoms with Crippen LogP contribution in [0, 0.1) is 5.82 Å². The van der Waals surface area contributed by atoms with Crippen LogP contribution < -0.4 is 10.1 Å². The molecule has 0 spiro atoms. The van der Waals surface area contributed by atoms with Crippen LogP contribution in [0.3, 0.4) is 0 Å². The van der Waals surface area contributed by atoms with Gasteiger partial charge in [-0.3, -0.25) is 9.36 Å². The van der Waals surface area contributed by atoms with E-state index in [1.807, 2.05) is 35.0 Å². The highest BCUT2D eigenvalue weighted by atomic mass is 32.2. The first-order valence-electron chi connectivity index (χ1n) is 9.04. The van der Waals surface area contributed by atoms with Crippen LogP contribution in [0.15, 0.2) is 66.1 Å². The first kappa shape index (κ1) is 18.6. The van der Waals surface area contributed by atoms with E-state index in [9.17, 15) is 9.18 Å². The molecule has 1 aliphatic carbocycles. The third-order valence-electron chi connectivity index (χ3n) is 4.52. The van der Waals surface area contributed by atoms with Crippen molar-refractivity contribution in [3.63, 3.8) is 0 Å². The van der Waals surface area contributed by atoms with Crippen LogP contribution in [0.5, 0.6) is 5.75 Å². The predicted molar refractivity (Wildman–Crippen MR) is 106 cm³/mol. The van der Waals surface area contributed by atoms with Crippen molar-refractivity contribution in [2.45, 2.75) is 29.3 Å². The van der Waals surface area contributed by atoms with E-state index in [-0.39, 0.29) is 17.8 Å². The van der Waals surface area contributed by atoms with Gasteiger partial charge in [-0.25, -0.2) is 9.37 Å². The van der Waals surface area contributed by atoms with Gasteiger partial charge in [0.1, 0.15) is 16.8 Å². The number of hydrogen-bond acceptors (Lipinski definition) is 4. The summed E-state index contributed by atoms with van der Waals surface area (Å²) in [5.74, 6) is 0.365. The molecule has 0 unspecified atom stereocenters. The molecule has 1 atom stereocenters. The summed E-state index contributed by atoms with van der Waals surface area (Å²) in [6, 6.07) is 13.9. The topological polar surface area (TPSA) is 56.2 Å². The molecule has 0 bridgehead atoms. The summed E-state index contributed by atoms with van der Waals surface area (Å²) < 4.78 is 20.5. The number of aromatic nitrogens is 2. The number of carbonyl (C=O) groups excluding carboxylic acids is 1. The zero-order valence-electron chi connectivity index (χ0n) is 15.3. The quantitative estimate of drug-likeness (QED) is 0.609. The lowest BCUT2D eigenvalue weighted by Crippen LogP contribution is -2.30. The Labute approximate surface area is 166 Å². The molecular formula is C21H20FN3O2S. The summed E-state index contributed by atoms with van der Waals surface area (Å²) in [6.07, 6.45) is 5.57. The van der Waals surface area contributed by atoms with Gasteiger partial charge in [0.15, 0.2) is 5.16 Å². The number of thioether (sulfide) groups is 1. The molecule has 5 nitrogen and oxygen atoms in total. The molecule has 0 radical (unpaired) electrons. The average molecular weight is 397 g/mol. The van der Waals surface area contributed by atoms with E-state index < -0.39 is 5.25 Å². The van der Waals surface area contributed by atoms with Crippen LogP contribution in [-0.4, -0.2) is 28.6 Å². The van der Waals surface area contributed by atoms with E-state index in [4.69, 9.17) is 4.74 Å². The zero-order chi connectivity index (χ0) is 19.5. The average Bonchev–Trinajstić information content (AvgIpc) is 3.41. The molecule has 0 aliphatic heterocycles. The van der Waals surface area contributed by atoms with Gasteiger partial charge in [0.25, 0.3) is 0 Å². The number of methoxy groups -OCH3 is 1. The molecule has 1 fully saturated rings. The highest BCUT2D eigenvalue weighted by Gasteiger charge is 2.30. The van der Waals surface area contributed by atoms with Gasteiger partial charge in [0, 0.05) is 24.1 Å². The monoisotopic (exact) mass is 397 g/mol. The molecule has 1 aliphatic rings. The summed E-state index contributed by atoms with van der Waals surface area (Å²) in [6.45, 7) is 0. The molecule has 7 heteroatoms. The van der Waals surface area contributed by atoms with Gasteiger partial charge in [0.2, 0.25) is 5.91 Å². The van der Waals surface area contributed by atoms with Crippen molar-refractivity contribution in [3.05, 3.63) is 72.3 Å². The minimum absolute atomic E-state index is 0.0802. The van der Waals surface area contributed by atoms with Crippen molar-refractivity contribution in [3.8, 4) is 11.4 Å². The second-order valence-corrected chi connectivity index (χ2v) is 7.68. The summed E-state index contributed by atoms with van der Waals surface area (Å²) in [7, 11) is 1.62.